The van der Waals surface area contributed by atoms with Crippen LogP contribution >= 0.6 is 0 Å². The summed E-state index contributed by atoms with van der Waals surface area (Å²) in [5, 5.41) is 13.0. The summed E-state index contributed by atoms with van der Waals surface area (Å²) >= 11 is 0. The van der Waals surface area contributed by atoms with Crippen LogP contribution in [0.4, 0.5) is 9.18 Å². The van der Waals surface area contributed by atoms with Gasteiger partial charge in [0, 0.05) is 19.6 Å². The van der Waals surface area contributed by atoms with Crippen molar-refractivity contribution in [2.45, 2.75) is 45.3 Å². The number of carbonyl (C=O) groups excluding carboxylic acids is 1. The molecule has 128 valence electrons. The molecule has 0 radical (unpaired) electrons. The third kappa shape index (κ3) is 5.50. The lowest BCUT2D eigenvalue weighted by Gasteiger charge is -2.27. The number of nitrogens with zero attached hydrogens (tertiary/aromatic N) is 1. The van der Waals surface area contributed by atoms with Crippen LogP contribution in [0.3, 0.4) is 0 Å². The number of benzene rings is 1. The summed E-state index contributed by atoms with van der Waals surface area (Å²) in [6.45, 7) is 4.46. The first-order chi connectivity index (χ1) is 10.9. The molecule has 1 aromatic rings. The van der Waals surface area contributed by atoms with Gasteiger partial charge in [0.05, 0.1) is 6.10 Å². The third-order valence-corrected chi connectivity index (χ3v) is 4.46. The van der Waals surface area contributed by atoms with E-state index < -0.39 is 6.10 Å². The van der Waals surface area contributed by atoms with Crippen LogP contribution in [0.2, 0.25) is 0 Å². The smallest absolute Gasteiger partial charge is 0.317 e. The van der Waals surface area contributed by atoms with Crippen LogP contribution in [0.15, 0.2) is 24.3 Å². The van der Waals surface area contributed by atoms with Gasteiger partial charge in [0.25, 0.3) is 0 Å². The summed E-state index contributed by atoms with van der Waals surface area (Å²) < 4.78 is 13.0. The van der Waals surface area contributed by atoms with E-state index in [1.54, 1.807) is 24.1 Å². The van der Waals surface area contributed by atoms with Crippen molar-refractivity contribution in [1.29, 1.82) is 0 Å². The number of hydrogen-bond donors (Lipinski definition) is 2. The molecule has 4 nitrogen and oxygen atoms in total. The maximum Gasteiger partial charge on any atom is 0.317 e. The number of rotatable bonds is 7. The molecule has 1 saturated carbocycles. The zero-order valence-corrected chi connectivity index (χ0v) is 14.1. The second-order valence-corrected chi connectivity index (χ2v) is 6.92. The predicted molar refractivity (Wildman–Crippen MR) is 88.6 cm³/mol. The van der Waals surface area contributed by atoms with Gasteiger partial charge in [-0.15, -0.1) is 0 Å². The van der Waals surface area contributed by atoms with E-state index in [0.717, 1.165) is 18.4 Å². The van der Waals surface area contributed by atoms with Crippen LogP contribution in [0.1, 0.15) is 32.3 Å². The maximum absolute atomic E-state index is 13.0. The number of halogens is 1. The fourth-order valence-electron chi connectivity index (χ4n) is 2.59. The normalized spacial score (nSPS) is 17.0. The minimum Gasteiger partial charge on any atom is -0.391 e. The van der Waals surface area contributed by atoms with Gasteiger partial charge in [-0.2, -0.15) is 0 Å². The van der Waals surface area contributed by atoms with E-state index in [2.05, 4.69) is 5.32 Å². The molecule has 1 fully saturated rings. The lowest BCUT2D eigenvalue weighted by molar-refractivity contribution is 0.112. The van der Waals surface area contributed by atoms with Gasteiger partial charge in [0.2, 0.25) is 0 Å². The Balaban J connectivity index is 1.89. The number of urea groups is 1. The fourth-order valence-corrected chi connectivity index (χ4v) is 2.59. The molecule has 0 aromatic heterocycles. The third-order valence-electron chi connectivity index (χ3n) is 4.46. The summed E-state index contributed by atoms with van der Waals surface area (Å²) in [4.78, 5) is 13.9. The first-order valence-corrected chi connectivity index (χ1v) is 8.31. The number of hydrogen-bond acceptors (Lipinski definition) is 2. The van der Waals surface area contributed by atoms with Gasteiger partial charge < -0.3 is 15.3 Å². The molecule has 0 aliphatic heterocycles. The van der Waals surface area contributed by atoms with Gasteiger partial charge in [0.15, 0.2) is 0 Å². The average molecular weight is 322 g/mol. The largest absolute Gasteiger partial charge is 0.391 e. The minimum absolute atomic E-state index is 0.0338. The van der Waals surface area contributed by atoms with E-state index >= 15 is 0 Å². The summed E-state index contributed by atoms with van der Waals surface area (Å²) in [5.74, 6) is 0.351. The molecule has 1 aliphatic rings. The quantitative estimate of drug-likeness (QED) is 0.811. The Hall–Kier alpha value is -1.62. The highest BCUT2D eigenvalue weighted by atomic mass is 19.1. The topological polar surface area (TPSA) is 52.6 Å². The standard InChI is InChI=1S/C18H27FN2O2/c1-12(2)16(10-13-4-8-15(19)9-5-13)20-18(23)21(3)11-17(22)14-6-7-14/h4-5,8-9,12,14,16-17,22H,6-7,10-11H2,1-3H3,(H,20,23). The van der Waals surface area contributed by atoms with Crippen LogP contribution in [0, 0.1) is 17.7 Å². The predicted octanol–water partition coefficient (Wildman–Crippen LogP) is 2.81. The molecule has 0 heterocycles. The number of carbonyl (C=O) groups is 1. The van der Waals surface area contributed by atoms with Crippen molar-refractivity contribution in [2.24, 2.45) is 11.8 Å². The lowest BCUT2D eigenvalue weighted by atomic mass is 9.96. The molecule has 2 rings (SSSR count). The molecule has 0 saturated heterocycles. The highest BCUT2D eigenvalue weighted by Gasteiger charge is 2.31. The molecule has 0 spiro atoms. The second-order valence-electron chi connectivity index (χ2n) is 6.92. The first-order valence-electron chi connectivity index (χ1n) is 8.31. The number of amides is 2. The van der Waals surface area contributed by atoms with Crippen molar-refractivity contribution < 1.29 is 14.3 Å². The van der Waals surface area contributed by atoms with Crippen molar-refractivity contribution >= 4 is 6.03 Å². The molecule has 2 N–H and O–H groups in total. The Labute approximate surface area is 137 Å². The van der Waals surface area contributed by atoms with E-state index in [4.69, 9.17) is 0 Å². The van der Waals surface area contributed by atoms with Crippen LogP contribution in [-0.2, 0) is 6.42 Å². The molecule has 1 aromatic carbocycles. The van der Waals surface area contributed by atoms with Gasteiger partial charge in [-0.25, -0.2) is 9.18 Å². The van der Waals surface area contributed by atoms with Crippen molar-refractivity contribution in [3.05, 3.63) is 35.6 Å². The molecular weight excluding hydrogens is 295 g/mol. The van der Waals surface area contributed by atoms with Crippen molar-refractivity contribution in [3.63, 3.8) is 0 Å². The van der Waals surface area contributed by atoms with Crippen molar-refractivity contribution in [3.8, 4) is 0 Å². The zero-order valence-electron chi connectivity index (χ0n) is 14.1. The fraction of sp³-hybridized carbons (Fsp3) is 0.611. The Morgan fingerprint density at radius 1 is 1.35 bits per heavy atom. The van der Waals surface area contributed by atoms with E-state index in [9.17, 15) is 14.3 Å². The van der Waals surface area contributed by atoms with E-state index in [1.807, 2.05) is 13.8 Å². The Morgan fingerprint density at radius 2 is 1.96 bits per heavy atom. The summed E-state index contributed by atoms with van der Waals surface area (Å²) in [5.41, 5.74) is 0.992. The average Bonchev–Trinajstić information content (AvgIpc) is 3.33. The van der Waals surface area contributed by atoms with E-state index in [1.165, 1.54) is 12.1 Å². The highest BCUT2D eigenvalue weighted by Crippen LogP contribution is 2.32. The highest BCUT2D eigenvalue weighted by molar-refractivity contribution is 5.74. The van der Waals surface area contributed by atoms with E-state index in [0.29, 0.717) is 18.9 Å². The minimum atomic E-state index is -0.430. The number of nitrogens with one attached hydrogen (secondary N) is 1. The van der Waals surface area contributed by atoms with Crippen LogP contribution < -0.4 is 5.32 Å². The molecule has 23 heavy (non-hydrogen) atoms. The van der Waals surface area contributed by atoms with Gasteiger partial charge >= 0.3 is 6.03 Å². The Morgan fingerprint density at radius 3 is 2.48 bits per heavy atom. The molecule has 2 atom stereocenters. The summed E-state index contributed by atoms with van der Waals surface area (Å²) in [6, 6.07) is 6.16. The molecule has 2 amide bonds. The van der Waals surface area contributed by atoms with Crippen LogP contribution in [-0.4, -0.2) is 41.8 Å². The SMILES string of the molecule is CC(C)C(Cc1ccc(F)cc1)NC(=O)N(C)CC(O)C1CC1. The molecular formula is C18H27FN2O2. The number of aliphatic hydroxyl groups excluding tert-OH is 1. The van der Waals surface area contributed by atoms with Crippen LogP contribution in [0.5, 0.6) is 0 Å². The summed E-state index contributed by atoms with van der Waals surface area (Å²) in [6.07, 6.45) is 2.33. The molecule has 1 aliphatic carbocycles. The van der Waals surface area contributed by atoms with Gasteiger partial charge in [-0.1, -0.05) is 26.0 Å². The first kappa shape index (κ1) is 17.7. The maximum atomic E-state index is 13.0. The lowest BCUT2D eigenvalue weighted by Crippen LogP contribution is -2.48. The number of likely N-dealkylation sites (N-methyl/N-ethyl adjacent to an activating group) is 1. The Kier molecular flexibility index (Phi) is 5.99. The van der Waals surface area contributed by atoms with E-state index in [-0.39, 0.29) is 23.8 Å². The van der Waals surface area contributed by atoms with Gasteiger partial charge in [0.1, 0.15) is 5.82 Å². The zero-order chi connectivity index (χ0) is 17.0. The molecule has 0 bridgehead atoms. The van der Waals surface area contributed by atoms with Crippen molar-refractivity contribution in [1.82, 2.24) is 10.2 Å². The Bertz CT molecular complexity index is 514. The van der Waals surface area contributed by atoms with Crippen LogP contribution in [0.25, 0.3) is 0 Å². The molecule has 2 unspecified atom stereocenters. The van der Waals surface area contributed by atoms with Crippen molar-refractivity contribution in [2.75, 3.05) is 13.6 Å². The van der Waals surface area contributed by atoms with Gasteiger partial charge in [-0.3, -0.25) is 0 Å². The number of aliphatic hydroxyl groups is 1. The monoisotopic (exact) mass is 322 g/mol. The summed E-state index contributed by atoms with van der Waals surface area (Å²) in [7, 11) is 1.70. The van der Waals surface area contributed by atoms with Gasteiger partial charge in [-0.05, 0) is 48.8 Å². The second kappa shape index (κ2) is 7.77. The molecule has 5 heteroatoms.